The molecule has 1 heterocycles. The van der Waals surface area contributed by atoms with Crippen molar-refractivity contribution in [2.24, 2.45) is 0 Å². The van der Waals surface area contributed by atoms with Gasteiger partial charge in [0.25, 0.3) is 0 Å². The number of hydrogen-bond acceptors (Lipinski definition) is 2. The van der Waals surface area contributed by atoms with Crippen LogP contribution in [0.4, 0.5) is 0 Å². The lowest BCUT2D eigenvalue weighted by atomic mass is 9.84. The molecule has 0 spiro atoms. The molecule has 2 aromatic rings. The van der Waals surface area contributed by atoms with E-state index in [1.165, 1.54) is 30.4 Å². The summed E-state index contributed by atoms with van der Waals surface area (Å²) >= 11 is 0. The summed E-state index contributed by atoms with van der Waals surface area (Å²) in [7, 11) is 0. The van der Waals surface area contributed by atoms with Crippen LogP contribution in [0.1, 0.15) is 48.9 Å². The Morgan fingerprint density at radius 2 is 1.95 bits per heavy atom. The van der Waals surface area contributed by atoms with Gasteiger partial charge in [-0.15, -0.1) is 0 Å². The van der Waals surface area contributed by atoms with Crippen molar-refractivity contribution < 1.29 is 5.11 Å². The van der Waals surface area contributed by atoms with Crippen LogP contribution < -0.4 is 0 Å². The van der Waals surface area contributed by atoms with Crippen molar-refractivity contribution in [1.82, 2.24) is 9.78 Å². The number of benzene rings is 1. The van der Waals surface area contributed by atoms with Crippen molar-refractivity contribution in [2.45, 2.75) is 51.7 Å². The SMILES string of the molecule is CCn1cc(C(C)(O)c2ccc3c(c2)CCCC3)cn1. The summed E-state index contributed by atoms with van der Waals surface area (Å²) < 4.78 is 1.85. The van der Waals surface area contributed by atoms with Crippen LogP contribution in [-0.4, -0.2) is 14.9 Å². The van der Waals surface area contributed by atoms with Crippen molar-refractivity contribution in [3.8, 4) is 0 Å². The standard InChI is InChI=1S/C17H22N2O/c1-3-19-12-16(11-18-19)17(2,20)15-9-8-13-6-4-5-7-14(13)10-15/h8-12,20H,3-7H2,1-2H3. The van der Waals surface area contributed by atoms with E-state index < -0.39 is 5.60 Å². The highest BCUT2D eigenvalue weighted by molar-refractivity contribution is 5.40. The first-order valence-corrected chi connectivity index (χ1v) is 7.49. The molecular formula is C17H22N2O. The predicted octanol–water partition coefficient (Wildman–Crippen LogP) is 3.04. The van der Waals surface area contributed by atoms with Crippen LogP contribution in [0.5, 0.6) is 0 Å². The molecule has 0 bridgehead atoms. The summed E-state index contributed by atoms with van der Waals surface area (Å²) in [6.45, 7) is 4.72. The molecule has 106 valence electrons. The van der Waals surface area contributed by atoms with E-state index in [0.717, 1.165) is 24.1 Å². The van der Waals surface area contributed by atoms with Gasteiger partial charge in [-0.05, 0) is 56.2 Å². The Bertz CT molecular complexity index is 613. The van der Waals surface area contributed by atoms with Gasteiger partial charge in [-0.1, -0.05) is 18.2 Å². The normalized spacial score (nSPS) is 17.6. The first kappa shape index (κ1) is 13.4. The number of fused-ring (bicyclic) bond motifs is 1. The molecule has 1 aliphatic carbocycles. The summed E-state index contributed by atoms with van der Waals surface area (Å²) in [5.74, 6) is 0. The number of nitrogens with zero attached hydrogens (tertiary/aromatic N) is 2. The van der Waals surface area contributed by atoms with Crippen LogP contribution in [0.25, 0.3) is 0 Å². The van der Waals surface area contributed by atoms with Crippen LogP contribution in [-0.2, 0) is 25.0 Å². The van der Waals surface area contributed by atoms with Crippen molar-refractivity contribution in [1.29, 1.82) is 0 Å². The molecule has 0 radical (unpaired) electrons. The maximum absolute atomic E-state index is 10.9. The fraction of sp³-hybridized carbons (Fsp3) is 0.471. The number of aryl methyl sites for hydroxylation is 3. The first-order chi connectivity index (χ1) is 9.61. The second-order valence-corrected chi connectivity index (χ2v) is 5.85. The van der Waals surface area contributed by atoms with Gasteiger partial charge < -0.3 is 5.11 Å². The molecule has 0 aliphatic heterocycles. The van der Waals surface area contributed by atoms with E-state index in [2.05, 4.69) is 23.3 Å². The van der Waals surface area contributed by atoms with Gasteiger partial charge in [0.2, 0.25) is 0 Å². The van der Waals surface area contributed by atoms with Gasteiger partial charge in [-0.25, -0.2) is 0 Å². The third-order valence-electron chi connectivity index (χ3n) is 4.43. The van der Waals surface area contributed by atoms with Gasteiger partial charge >= 0.3 is 0 Å². The maximum Gasteiger partial charge on any atom is 0.115 e. The summed E-state index contributed by atoms with van der Waals surface area (Å²) in [4.78, 5) is 0. The quantitative estimate of drug-likeness (QED) is 0.931. The average Bonchev–Trinajstić information content (AvgIpc) is 2.96. The highest BCUT2D eigenvalue weighted by Crippen LogP contribution is 2.32. The highest BCUT2D eigenvalue weighted by Gasteiger charge is 2.28. The summed E-state index contributed by atoms with van der Waals surface area (Å²) in [5, 5.41) is 15.2. The minimum absolute atomic E-state index is 0.820. The monoisotopic (exact) mass is 270 g/mol. The summed E-state index contributed by atoms with van der Waals surface area (Å²) in [6.07, 6.45) is 8.54. The smallest absolute Gasteiger partial charge is 0.115 e. The minimum Gasteiger partial charge on any atom is -0.381 e. The van der Waals surface area contributed by atoms with Crippen LogP contribution in [0.2, 0.25) is 0 Å². The van der Waals surface area contributed by atoms with Gasteiger partial charge in [0, 0.05) is 18.3 Å². The fourth-order valence-electron chi connectivity index (χ4n) is 2.99. The Morgan fingerprint density at radius 1 is 1.20 bits per heavy atom. The maximum atomic E-state index is 10.9. The minimum atomic E-state index is -0.972. The van der Waals surface area contributed by atoms with Crippen molar-refractivity contribution in [3.63, 3.8) is 0 Å². The Hall–Kier alpha value is -1.61. The molecule has 0 amide bonds. The van der Waals surface area contributed by atoms with E-state index in [1.54, 1.807) is 6.20 Å². The van der Waals surface area contributed by atoms with Crippen molar-refractivity contribution in [2.75, 3.05) is 0 Å². The van der Waals surface area contributed by atoms with Crippen molar-refractivity contribution >= 4 is 0 Å². The van der Waals surface area contributed by atoms with Crippen LogP contribution in [0.15, 0.2) is 30.6 Å². The fourth-order valence-corrected chi connectivity index (χ4v) is 2.99. The van der Waals surface area contributed by atoms with E-state index in [9.17, 15) is 5.11 Å². The summed E-state index contributed by atoms with van der Waals surface area (Å²) in [6, 6.07) is 6.42. The number of aliphatic hydroxyl groups is 1. The number of hydrogen-bond donors (Lipinski definition) is 1. The molecule has 0 saturated carbocycles. The second-order valence-electron chi connectivity index (χ2n) is 5.85. The zero-order valence-electron chi connectivity index (χ0n) is 12.3. The summed E-state index contributed by atoms with van der Waals surface area (Å²) in [5.41, 5.74) is 3.70. The molecule has 1 aromatic heterocycles. The third-order valence-corrected chi connectivity index (χ3v) is 4.43. The van der Waals surface area contributed by atoms with Crippen LogP contribution in [0.3, 0.4) is 0 Å². The molecule has 20 heavy (non-hydrogen) atoms. The molecule has 0 fully saturated rings. The first-order valence-electron chi connectivity index (χ1n) is 7.49. The molecule has 1 N–H and O–H groups in total. The molecule has 1 atom stereocenters. The van der Waals surface area contributed by atoms with Crippen LogP contribution in [0, 0.1) is 0 Å². The molecule has 3 heteroatoms. The van der Waals surface area contributed by atoms with Gasteiger partial charge in [0.05, 0.1) is 6.20 Å². The average molecular weight is 270 g/mol. The lowest BCUT2D eigenvalue weighted by molar-refractivity contribution is 0.102. The zero-order chi connectivity index (χ0) is 14.2. The lowest BCUT2D eigenvalue weighted by Gasteiger charge is -2.25. The van der Waals surface area contributed by atoms with Gasteiger partial charge in [0.1, 0.15) is 5.60 Å². The van der Waals surface area contributed by atoms with Crippen LogP contribution >= 0.6 is 0 Å². The Labute approximate surface area is 120 Å². The van der Waals surface area contributed by atoms with E-state index in [4.69, 9.17) is 0 Å². The zero-order valence-corrected chi connectivity index (χ0v) is 12.3. The second kappa shape index (κ2) is 5.06. The number of rotatable bonds is 3. The Kier molecular flexibility index (Phi) is 3.38. The highest BCUT2D eigenvalue weighted by atomic mass is 16.3. The molecule has 3 nitrogen and oxygen atoms in total. The number of aromatic nitrogens is 2. The Morgan fingerprint density at radius 3 is 2.65 bits per heavy atom. The van der Waals surface area contributed by atoms with E-state index in [0.29, 0.717) is 0 Å². The molecule has 0 saturated heterocycles. The van der Waals surface area contributed by atoms with E-state index in [-0.39, 0.29) is 0 Å². The molecule has 1 aromatic carbocycles. The molecule has 1 aliphatic rings. The van der Waals surface area contributed by atoms with Crippen molar-refractivity contribution in [3.05, 3.63) is 52.8 Å². The lowest BCUT2D eigenvalue weighted by Crippen LogP contribution is -2.23. The molecule has 3 rings (SSSR count). The van der Waals surface area contributed by atoms with Gasteiger partial charge in [-0.3, -0.25) is 4.68 Å². The molecular weight excluding hydrogens is 248 g/mol. The largest absolute Gasteiger partial charge is 0.381 e. The Balaban J connectivity index is 1.97. The topological polar surface area (TPSA) is 38.0 Å². The van der Waals surface area contributed by atoms with E-state index in [1.807, 2.05) is 24.7 Å². The van der Waals surface area contributed by atoms with E-state index >= 15 is 0 Å². The molecule has 1 unspecified atom stereocenters. The predicted molar refractivity (Wildman–Crippen MR) is 79.7 cm³/mol. The van der Waals surface area contributed by atoms with Gasteiger partial charge in [-0.2, -0.15) is 5.10 Å². The third kappa shape index (κ3) is 2.27. The van der Waals surface area contributed by atoms with Gasteiger partial charge in [0.15, 0.2) is 0 Å².